The van der Waals surface area contributed by atoms with Crippen molar-refractivity contribution in [2.75, 3.05) is 13.6 Å². The van der Waals surface area contributed by atoms with E-state index < -0.39 is 0 Å². The first kappa shape index (κ1) is 8.69. The van der Waals surface area contributed by atoms with Crippen LogP contribution in [0.3, 0.4) is 0 Å². The highest BCUT2D eigenvalue weighted by Crippen LogP contribution is 2.23. The second kappa shape index (κ2) is 3.46. The summed E-state index contributed by atoms with van der Waals surface area (Å²) in [5.41, 5.74) is 0. The van der Waals surface area contributed by atoms with Gasteiger partial charge in [0, 0.05) is 19.0 Å². The summed E-state index contributed by atoms with van der Waals surface area (Å²) in [5.74, 6) is 2.21. The van der Waals surface area contributed by atoms with Crippen LogP contribution in [0.15, 0.2) is 0 Å². The van der Waals surface area contributed by atoms with Crippen molar-refractivity contribution in [3.8, 4) is 0 Å². The van der Waals surface area contributed by atoms with Gasteiger partial charge in [-0.2, -0.15) is 0 Å². The second-order valence-electron chi connectivity index (χ2n) is 3.64. The maximum absolute atomic E-state index is 4.17. The predicted octanol–water partition coefficient (Wildman–Crippen LogP) is 0.683. The molecule has 72 valence electrons. The Morgan fingerprint density at radius 1 is 1.54 bits per heavy atom. The SMILES string of the molecule is CNCC1CCCc2nnc(C)n21. The highest BCUT2D eigenvalue weighted by Gasteiger charge is 2.21. The molecular weight excluding hydrogens is 164 g/mol. The Morgan fingerprint density at radius 3 is 3.15 bits per heavy atom. The molecule has 0 fully saturated rings. The lowest BCUT2D eigenvalue weighted by Crippen LogP contribution is -2.27. The minimum atomic E-state index is 0.559. The summed E-state index contributed by atoms with van der Waals surface area (Å²) < 4.78 is 2.28. The molecule has 0 spiro atoms. The van der Waals surface area contributed by atoms with Crippen LogP contribution in [0.1, 0.15) is 30.5 Å². The van der Waals surface area contributed by atoms with E-state index in [1.165, 1.54) is 12.8 Å². The largest absolute Gasteiger partial charge is 0.318 e. The Kier molecular flexibility index (Phi) is 2.31. The van der Waals surface area contributed by atoms with E-state index in [0.717, 1.165) is 24.6 Å². The van der Waals surface area contributed by atoms with Gasteiger partial charge in [0.05, 0.1) is 0 Å². The highest BCUT2D eigenvalue weighted by molar-refractivity contribution is 5.01. The molecule has 0 amide bonds. The van der Waals surface area contributed by atoms with Crippen molar-refractivity contribution in [1.29, 1.82) is 0 Å². The highest BCUT2D eigenvalue weighted by atomic mass is 15.3. The van der Waals surface area contributed by atoms with E-state index in [1.54, 1.807) is 0 Å². The lowest BCUT2D eigenvalue weighted by molar-refractivity contribution is 0.379. The van der Waals surface area contributed by atoms with Crippen molar-refractivity contribution in [2.45, 2.75) is 32.2 Å². The van der Waals surface area contributed by atoms with Gasteiger partial charge in [-0.05, 0) is 26.8 Å². The molecule has 13 heavy (non-hydrogen) atoms. The van der Waals surface area contributed by atoms with Crippen molar-refractivity contribution in [3.63, 3.8) is 0 Å². The maximum atomic E-state index is 4.17. The minimum Gasteiger partial charge on any atom is -0.318 e. The van der Waals surface area contributed by atoms with E-state index in [1.807, 2.05) is 14.0 Å². The summed E-state index contributed by atoms with van der Waals surface area (Å²) in [5, 5.41) is 11.5. The van der Waals surface area contributed by atoms with E-state index >= 15 is 0 Å². The van der Waals surface area contributed by atoms with Crippen LogP contribution in [-0.4, -0.2) is 28.4 Å². The summed E-state index contributed by atoms with van der Waals surface area (Å²) >= 11 is 0. The zero-order valence-electron chi connectivity index (χ0n) is 8.25. The van der Waals surface area contributed by atoms with Gasteiger partial charge < -0.3 is 9.88 Å². The molecule has 0 saturated carbocycles. The lowest BCUT2D eigenvalue weighted by Gasteiger charge is -2.25. The van der Waals surface area contributed by atoms with Crippen molar-refractivity contribution >= 4 is 0 Å². The zero-order valence-corrected chi connectivity index (χ0v) is 8.25. The van der Waals surface area contributed by atoms with E-state index in [4.69, 9.17) is 0 Å². The first-order chi connectivity index (χ1) is 6.33. The fraction of sp³-hybridized carbons (Fsp3) is 0.778. The third kappa shape index (κ3) is 1.46. The molecule has 0 saturated heterocycles. The average molecular weight is 180 g/mol. The van der Waals surface area contributed by atoms with Crippen molar-refractivity contribution in [3.05, 3.63) is 11.6 Å². The monoisotopic (exact) mass is 180 g/mol. The smallest absolute Gasteiger partial charge is 0.133 e. The molecule has 1 aliphatic rings. The van der Waals surface area contributed by atoms with Crippen LogP contribution in [0, 0.1) is 6.92 Å². The number of aryl methyl sites for hydroxylation is 2. The summed E-state index contributed by atoms with van der Waals surface area (Å²) in [6.07, 6.45) is 3.57. The molecule has 4 heteroatoms. The topological polar surface area (TPSA) is 42.7 Å². The van der Waals surface area contributed by atoms with Gasteiger partial charge in [-0.3, -0.25) is 0 Å². The van der Waals surface area contributed by atoms with Gasteiger partial charge in [0.15, 0.2) is 0 Å². The Hall–Kier alpha value is -0.900. The molecule has 0 aromatic carbocycles. The number of rotatable bonds is 2. The molecule has 1 aromatic heterocycles. The lowest BCUT2D eigenvalue weighted by atomic mass is 10.0. The second-order valence-corrected chi connectivity index (χ2v) is 3.64. The summed E-state index contributed by atoms with van der Waals surface area (Å²) in [6, 6.07) is 0.559. The Balaban J connectivity index is 2.29. The molecule has 2 rings (SSSR count). The van der Waals surface area contributed by atoms with Gasteiger partial charge >= 0.3 is 0 Å². The standard InChI is InChI=1S/C9H16N4/c1-7-11-12-9-5-3-4-8(6-10-2)13(7)9/h8,10H,3-6H2,1-2H3. The molecule has 0 aliphatic carbocycles. The van der Waals surface area contributed by atoms with Crippen LogP contribution in [0.4, 0.5) is 0 Å². The fourth-order valence-electron chi connectivity index (χ4n) is 2.11. The number of nitrogens with one attached hydrogen (secondary N) is 1. The Morgan fingerprint density at radius 2 is 2.38 bits per heavy atom. The van der Waals surface area contributed by atoms with Crippen LogP contribution >= 0.6 is 0 Å². The number of hydrogen-bond acceptors (Lipinski definition) is 3. The maximum Gasteiger partial charge on any atom is 0.133 e. The third-order valence-electron chi connectivity index (χ3n) is 2.68. The van der Waals surface area contributed by atoms with Gasteiger partial charge in [-0.25, -0.2) is 0 Å². The van der Waals surface area contributed by atoms with Gasteiger partial charge in [0.2, 0.25) is 0 Å². The van der Waals surface area contributed by atoms with Gasteiger partial charge in [-0.1, -0.05) is 0 Å². The minimum absolute atomic E-state index is 0.559. The van der Waals surface area contributed by atoms with Gasteiger partial charge in [0.25, 0.3) is 0 Å². The molecule has 2 heterocycles. The van der Waals surface area contributed by atoms with Crippen molar-refractivity contribution in [2.24, 2.45) is 0 Å². The average Bonchev–Trinajstić information content (AvgIpc) is 2.50. The van der Waals surface area contributed by atoms with Crippen LogP contribution in [-0.2, 0) is 6.42 Å². The number of aromatic nitrogens is 3. The van der Waals surface area contributed by atoms with Crippen LogP contribution in [0.25, 0.3) is 0 Å². The number of fused-ring (bicyclic) bond motifs is 1. The van der Waals surface area contributed by atoms with E-state index in [2.05, 4.69) is 20.1 Å². The summed E-state index contributed by atoms with van der Waals surface area (Å²) in [7, 11) is 1.99. The van der Waals surface area contributed by atoms with E-state index in [0.29, 0.717) is 6.04 Å². The van der Waals surface area contributed by atoms with Gasteiger partial charge in [0.1, 0.15) is 11.6 Å². The molecule has 0 bridgehead atoms. The summed E-state index contributed by atoms with van der Waals surface area (Å²) in [4.78, 5) is 0. The molecular formula is C9H16N4. The third-order valence-corrected chi connectivity index (χ3v) is 2.68. The summed E-state index contributed by atoms with van der Waals surface area (Å²) in [6.45, 7) is 3.05. The molecule has 0 radical (unpaired) electrons. The zero-order chi connectivity index (χ0) is 9.26. The number of likely N-dealkylation sites (N-methyl/N-ethyl adjacent to an activating group) is 1. The Bertz CT molecular complexity index is 292. The molecule has 1 aliphatic heterocycles. The molecule has 1 aromatic rings. The first-order valence-electron chi connectivity index (χ1n) is 4.88. The number of nitrogens with zero attached hydrogens (tertiary/aromatic N) is 3. The molecule has 1 atom stereocenters. The van der Waals surface area contributed by atoms with Crippen molar-refractivity contribution < 1.29 is 0 Å². The van der Waals surface area contributed by atoms with Crippen LogP contribution < -0.4 is 5.32 Å². The van der Waals surface area contributed by atoms with E-state index in [9.17, 15) is 0 Å². The first-order valence-corrected chi connectivity index (χ1v) is 4.88. The quantitative estimate of drug-likeness (QED) is 0.728. The van der Waals surface area contributed by atoms with Crippen LogP contribution in [0.5, 0.6) is 0 Å². The molecule has 1 unspecified atom stereocenters. The van der Waals surface area contributed by atoms with E-state index in [-0.39, 0.29) is 0 Å². The number of hydrogen-bond donors (Lipinski definition) is 1. The van der Waals surface area contributed by atoms with Crippen molar-refractivity contribution in [1.82, 2.24) is 20.1 Å². The van der Waals surface area contributed by atoms with Crippen LogP contribution in [0.2, 0.25) is 0 Å². The molecule has 4 nitrogen and oxygen atoms in total. The van der Waals surface area contributed by atoms with Gasteiger partial charge in [-0.15, -0.1) is 10.2 Å². The molecule has 1 N–H and O–H groups in total. The fourth-order valence-corrected chi connectivity index (χ4v) is 2.11. The normalized spacial score (nSPS) is 21.5. The Labute approximate surface area is 78.4 Å². The predicted molar refractivity (Wildman–Crippen MR) is 50.7 cm³/mol.